The molecule has 3 saturated carbocycles. The molecule has 154 valence electrons. The quantitative estimate of drug-likeness (QED) is 0.678. The largest absolute Gasteiger partial charge is 0.348 e. The molecule has 30 heavy (non-hydrogen) atoms. The first-order valence-electron chi connectivity index (χ1n) is 11.3. The van der Waals surface area contributed by atoms with Gasteiger partial charge in [-0.25, -0.2) is 9.97 Å². The zero-order chi connectivity index (χ0) is 20.3. The van der Waals surface area contributed by atoms with Crippen LogP contribution in [0.25, 0.3) is 11.0 Å². The van der Waals surface area contributed by atoms with Crippen LogP contribution in [0.15, 0.2) is 42.5 Å². The first-order chi connectivity index (χ1) is 14.6. The molecule has 2 aromatic heterocycles. The molecule has 5 atom stereocenters. The van der Waals surface area contributed by atoms with Gasteiger partial charge in [-0.05, 0) is 87.5 Å². The van der Waals surface area contributed by atoms with Crippen LogP contribution < -0.4 is 5.32 Å². The number of H-pyrrole nitrogens is 1. The van der Waals surface area contributed by atoms with Crippen molar-refractivity contribution in [3.8, 4) is 0 Å². The highest BCUT2D eigenvalue weighted by atomic mass is 16.1. The van der Waals surface area contributed by atoms with Crippen LogP contribution in [0.1, 0.15) is 60.5 Å². The first-order valence-corrected chi connectivity index (χ1v) is 11.3. The average Bonchev–Trinajstić information content (AvgIpc) is 3.24. The number of carbonyl (C=O) groups is 1. The van der Waals surface area contributed by atoms with Gasteiger partial charge < -0.3 is 10.3 Å². The summed E-state index contributed by atoms with van der Waals surface area (Å²) < 4.78 is 0. The lowest BCUT2D eigenvalue weighted by Crippen LogP contribution is -2.40. The van der Waals surface area contributed by atoms with Crippen molar-refractivity contribution in [1.29, 1.82) is 0 Å². The SMILES string of the molecule is Cc1cccc(C(=O)NC2CC3CC4CC(c5nc6ccccc6[nH]5)(C3)CC4C2)n1. The summed E-state index contributed by atoms with van der Waals surface area (Å²) >= 11 is 0. The minimum Gasteiger partial charge on any atom is -0.348 e. The number of hydrogen-bond donors (Lipinski definition) is 2. The van der Waals surface area contributed by atoms with Crippen molar-refractivity contribution in [2.75, 3.05) is 0 Å². The number of pyridine rings is 1. The van der Waals surface area contributed by atoms with Crippen molar-refractivity contribution in [3.05, 3.63) is 59.7 Å². The van der Waals surface area contributed by atoms with Crippen LogP contribution in [-0.2, 0) is 5.41 Å². The van der Waals surface area contributed by atoms with Crippen molar-refractivity contribution >= 4 is 16.9 Å². The summed E-state index contributed by atoms with van der Waals surface area (Å²) in [5, 5.41) is 3.32. The van der Waals surface area contributed by atoms with Crippen LogP contribution in [0.2, 0.25) is 0 Å². The van der Waals surface area contributed by atoms with E-state index in [1.165, 1.54) is 31.5 Å². The molecule has 5 nitrogen and oxygen atoms in total. The second-order valence-electron chi connectivity index (χ2n) is 9.92. The van der Waals surface area contributed by atoms with Gasteiger partial charge in [-0.2, -0.15) is 0 Å². The molecule has 3 aliphatic rings. The van der Waals surface area contributed by atoms with Crippen molar-refractivity contribution in [1.82, 2.24) is 20.3 Å². The van der Waals surface area contributed by atoms with Crippen LogP contribution in [0.4, 0.5) is 0 Å². The predicted molar refractivity (Wildman–Crippen MR) is 116 cm³/mol. The Morgan fingerprint density at radius 3 is 2.67 bits per heavy atom. The molecule has 0 aliphatic heterocycles. The number of aromatic amines is 1. The molecule has 0 radical (unpaired) electrons. The van der Waals surface area contributed by atoms with E-state index in [2.05, 4.69) is 39.6 Å². The van der Waals surface area contributed by atoms with Crippen LogP contribution in [0.3, 0.4) is 0 Å². The Bertz CT molecular complexity index is 1080. The van der Waals surface area contributed by atoms with Crippen LogP contribution in [0, 0.1) is 24.7 Å². The molecule has 1 aromatic carbocycles. The van der Waals surface area contributed by atoms with E-state index in [1.807, 2.05) is 25.1 Å². The number of imidazole rings is 1. The van der Waals surface area contributed by atoms with Crippen molar-refractivity contribution in [2.24, 2.45) is 17.8 Å². The van der Waals surface area contributed by atoms with E-state index in [9.17, 15) is 4.79 Å². The third kappa shape index (κ3) is 2.94. The molecular formula is C25H28N4O. The summed E-state index contributed by atoms with van der Waals surface area (Å²) in [4.78, 5) is 25.9. The Morgan fingerprint density at radius 2 is 1.83 bits per heavy atom. The van der Waals surface area contributed by atoms with Gasteiger partial charge in [0, 0.05) is 17.2 Å². The van der Waals surface area contributed by atoms with E-state index < -0.39 is 0 Å². The number of rotatable bonds is 3. The third-order valence-electron chi connectivity index (χ3n) is 7.84. The van der Waals surface area contributed by atoms with Gasteiger partial charge in [-0.3, -0.25) is 4.79 Å². The number of para-hydroxylation sites is 2. The van der Waals surface area contributed by atoms with E-state index in [4.69, 9.17) is 4.98 Å². The molecular weight excluding hydrogens is 372 g/mol. The summed E-state index contributed by atoms with van der Waals surface area (Å²) in [6.07, 6.45) is 7.10. The minimum absolute atomic E-state index is 0.0250. The summed E-state index contributed by atoms with van der Waals surface area (Å²) in [6, 6.07) is 14.3. The molecule has 3 fully saturated rings. The molecule has 3 bridgehead atoms. The Kier molecular flexibility index (Phi) is 4.02. The molecule has 1 amide bonds. The lowest BCUT2D eigenvalue weighted by molar-refractivity contribution is 0.0916. The molecule has 6 rings (SSSR count). The Labute approximate surface area is 176 Å². The normalized spacial score (nSPS) is 32.3. The smallest absolute Gasteiger partial charge is 0.270 e. The summed E-state index contributed by atoms with van der Waals surface area (Å²) in [5.41, 5.74) is 3.85. The topological polar surface area (TPSA) is 70.7 Å². The Morgan fingerprint density at radius 1 is 1.00 bits per heavy atom. The number of aryl methyl sites for hydroxylation is 1. The van der Waals surface area contributed by atoms with Crippen molar-refractivity contribution < 1.29 is 4.79 Å². The van der Waals surface area contributed by atoms with E-state index in [1.54, 1.807) is 0 Å². The fourth-order valence-corrected chi connectivity index (χ4v) is 6.79. The highest BCUT2D eigenvalue weighted by molar-refractivity contribution is 5.92. The number of aromatic nitrogens is 3. The highest BCUT2D eigenvalue weighted by Gasteiger charge is 2.55. The standard InChI is InChI=1S/C25H28N4O/c1-15-5-4-8-22(26-15)23(30)27-19-10-16-9-17-13-25(12-16,14-18(17)11-19)24-28-20-6-2-3-7-21(20)29-24/h2-8,16-19H,9-14H2,1H3,(H,27,30)(H,28,29). The maximum absolute atomic E-state index is 12.8. The van der Waals surface area contributed by atoms with Gasteiger partial charge >= 0.3 is 0 Å². The number of nitrogens with one attached hydrogen (secondary N) is 2. The Balaban J connectivity index is 1.23. The van der Waals surface area contributed by atoms with Crippen LogP contribution >= 0.6 is 0 Å². The van der Waals surface area contributed by atoms with E-state index in [-0.39, 0.29) is 17.4 Å². The zero-order valence-electron chi connectivity index (χ0n) is 17.4. The minimum atomic E-state index is -0.0250. The maximum Gasteiger partial charge on any atom is 0.270 e. The lowest BCUT2D eigenvalue weighted by Gasteiger charge is -2.37. The number of hydrogen-bond acceptors (Lipinski definition) is 3. The van der Waals surface area contributed by atoms with Crippen LogP contribution in [0.5, 0.6) is 0 Å². The summed E-state index contributed by atoms with van der Waals surface area (Å²) in [5.74, 6) is 3.26. The molecule has 5 unspecified atom stereocenters. The fraction of sp³-hybridized carbons (Fsp3) is 0.480. The summed E-state index contributed by atoms with van der Waals surface area (Å²) in [7, 11) is 0. The van der Waals surface area contributed by atoms with E-state index in [0.29, 0.717) is 17.5 Å². The van der Waals surface area contributed by atoms with Crippen LogP contribution in [-0.4, -0.2) is 26.9 Å². The maximum atomic E-state index is 12.8. The summed E-state index contributed by atoms with van der Waals surface area (Å²) in [6.45, 7) is 1.93. The van der Waals surface area contributed by atoms with Gasteiger partial charge in [-0.1, -0.05) is 18.2 Å². The molecule has 2 N–H and O–H groups in total. The lowest BCUT2D eigenvalue weighted by atomic mass is 9.69. The second-order valence-corrected chi connectivity index (χ2v) is 9.92. The number of amides is 1. The highest BCUT2D eigenvalue weighted by Crippen LogP contribution is 2.60. The van der Waals surface area contributed by atoms with Gasteiger partial charge in [0.15, 0.2) is 0 Å². The van der Waals surface area contributed by atoms with E-state index >= 15 is 0 Å². The Hall–Kier alpha value is -2.69. The molecule has 2 heterocycles. The second kappa shape index (κ2) is 6.66. The average molecular weight is 401 g/mol. The first kappa shape index (κ1) is 18.1. The van der Waals surface area contributed by atoms with Gasteiger partial charge in [0.1, 0.15) is 11.5 Å². The van der Waals surface area contributed by atoms with Gasteiger partial charge in [0.05, 0.1) is 11.0 Å². The number of fused-ring (bicyclic) bond motifs is 3. The monoisotopic (exact) mass is 400 g/mol. The van der Waals surface area contributed by atoms with Gasteiger partial charge in [0.25, 0.3) is 5.91 Å². The number of nitrogens with zero attached hydrogens (tertiary/aromatic N) is 2. The number of carbonyl (C=O) groups excluding carboxylic acids is 1. The molecule has 5 heteroatoms. The van der Waals surface area contributed by atoms with E-state index in [0.717, 1.165) is 35.5 Å². The van der Waals surface area contributed by atoms with Crippen molar-refractivity contribution in [3.63, 3.8) is 0 Å². The molecule has 0 spiro atoms. The molecule has 3 aliphatic carbocycles. The van der Waals surface area contributed by atoms with Gasteiger partial charge in [0.2, 0.25) is 0 Å². The fourth-order valence-electron chi connectivity index (χ4n) is 6.79. The molecule has 0 saturated heterocycles. The van der Waals surface area contributed by atoms with Gasteiger partial charge in [-0.15, -0.1) is 0 Å². The van der Waals surface area contributed by atoms with Crippen molar-refractivity contribution in [2.45, 2.75) is 56.9 Å². The number of benzene rings is 1. The predicted octanol–water partition coefficient (Wildman–Crippen LogP) is 4.53. The third-order valence-corrected chi connectivity index (χ3v) is 7.84. The zero-order valence-corrected chi connectivity index (χ0v) is 17.4. The molecule has 3 aromatic rings.